The Balaban J connectivity index is 1.60. The topological polar surface area (TPSA) is 58.2 Å². The minimum absolute atomic E-state index is 0.127. The Morgan fingerprint density at radius 3 is 2.52 bits per heavy atom. The van der Waals surface area contributed by atoms with Gasteiger partial charge >= 0.3 is 0 Å². The number of nitrogens with one attached hydrogen (secondary N) is 2. The predicted molar refractivity (Wildman–Crippen MR) is 116 cm³/mol. The van der Waals surface area contributed by atoms with Crippen molar-refractivity contribution in [1.29, 1.82) is 0 Å². The molecule has 0 aromatic heterocycles. The molecule has 2 aromatic carbocycles. The highest BCUT2D eigenvalue weighted by atomic mass is 32.2. The lowest BCUT2D eigenvalue weighted by Gasteiger charge is -2.21. The van der Waals surface area contributed by atoms with Gasteiger partial charge in [-0.05, 0) is 59.4 Å². The molecule has 1 fully saturated rings. The molecule has 0 saturated carbocycles. The zero-order valence-electron chi connectivity index (χ0n) is 15.1. The van der Waals surface area contributed by atoms with Crippen LogP contribution in [0.4, 0.5) is 5.69 Å². The van der Waals surface area contributed by atoms with Crippen molar-refractivity contribution in [3.05, 3.63) is 71.3 Å². The maximum atomic E-state index is 12.2. The fraction of sp³-hybridized carbons (Fsp3) is 0.238. The van der Waals surface area contributed by atoms with Gasteiger partial charge in [0.15, 0.2) is 0 Å². The fourth-order valence-electron chi connectivity index (χ4n) is 2.69. The standard InChI is InChI=1S/C21H22N2O2S2/c1-22-20(25)16-9-6-15(7-10-16)8-11-19(24)23-18-5-2-4-17(14-18)21-26-12-3-13-27-21/h2,4-11,14,21H,3,12-13H2,1H3,(H,22,25)(H,23,24)/b11-8+. The fourth-order valence-corrected chi connectivity index (χ4v) is 5.56. The smallest absolute Gasteiger partial charge is 0.251 e. The lowest BCUT2D eigenvalue weighted by Crippen LogP contribution is -2.17. The molecule has 0 unspecified atom stereocenters. The lowest BCUT2D eigenvalue weighted by molar-refractivity contribution is -0.111. The van der Waals surface area contributed by atoms with Crippen molar-refractivity contribution in [3.63, 3.8) is 0 Å². The number of amides is 2. The van der Waals surface area contributed by atoms with Crippen molar-refractivity contribution in [2.24, 2.45) is 0 Å². The van der Waals surface area contributed by atoms with Gasteiger partial charge in [0.05, 0.1) is 4.58 Å². The summed E-state index contributed by atoms with van der Waals surface area (Å²) in [5, 5.41) is 5.50. The Morgan fingerprint density at radius 2 is 1.81 bits per heavy atom. The number of thioether (sulfide) groups is 2. The van der Waals surface area contributed by atoms with Gasteiger partial charge in [0, 0.05) is 24.4 Å². The lowest BCUT2D eigenvalue weighted by atomic mass is 10.1. The molecule has 0 atom stereocenters. The van der Waals surface area contributed by atoms with E-state index in [0.29, 0.717) is 10.1 Å². The van der Waals surface area contributed by atoms with Gasteiger partial charge in [0.25, 0.3) is 5.91 Å². The monoisotopic (exact) mass is 398 g/mol. The molecule has 0 bridgehead atoms. The molecule has 140 valence electrons. The van der Waals surface area contributed by atoms with Crippen molar-refractivity contribution >= 4 is 47.1 Å². The van der Waals surface area contributed by atoms with Crippen LogP contribution in [0.25, 0.3) is 6.08 Å². The van der Waals surface area contributed by atoms with Crippen LogP contribution in [0.2, 0.25) is 0 Å². The second kappa shape index (κ2) is 9.67. The van der Waals surface area contributed by atoms with Gasteiger partial charge in [-0.25, -0.2) is 0 Å². The Hall–Kier alpha value is -2.18. The molecule has 2 amide bonds. The number of hydrogen-bond acceptors (Lipinski definition) is 4. The second-order valence-electron chi connectivity index (χ2n) is 6.08. The minimum atomic E-state index is -0.175. The van der Waals surface area contributed by atoms with Gasteiger partial charge in [0.1, 0.15) is 0 Å². The largest absolute Gasteiger partial charge is 0.355 e. The Labute approximate surface area is 168 Å². The first-order chi connectivity index (χ1) is 13.2. The van der Waals surface area contributed by atoms with Crippen LogP contribution in [0.15, 0.2) is 54.6 Å². The molecule has 1 saturated heterocycles. The number of anilines is 1. The molecular formula is C21H22N2O2S2. The zero-order valence-corrected chi connectivity index (χ0v) is 16.7. The van der Waals surface area contributed by atoms with Gasteiger partial charge in [-0.1, -0.05) is 24.3 Å². The molecule has 1 heterocycles. The Morgan fingerprint density at radius 1 is 1.07 bits per heavy atom. The van der Waals surface area contributed by atoms with Crippen LogP contribution >= 0.6 is 23.5 Å². The minimum Gasteiger partial charge on any atom is -0.355 e. The zero-order chi connectivity index (χ0) is 19.1. The van der Waals surface area contributed by atoms with Crippen LogP contribution in [0.1, 0.15) is 32.5 Å². The van der Waals surface area contributed by atoms with E-state index in [-0.39, 0.29) is 11.8 Å². The summed E-state index contributed by atoms with van der Waals surface area (Å²) in [7, 11) is 1.60. The molecule has 0 spiro atoms. The van der Waals surface area contributed by atoms with E-state index in [0.717, 1.165) is 11.3 Å². The van der Waals surface area contributed by atoms with Crippen LogP contribution < -0.4 is 10.6 Å². The van der Waals surface area contributed by atoms with E-state index in [2.05, 4.69) is 22.8 Å². The van der Waals surface area contributed by atoms with Gasteiger partial charge in [0.2, 0.25) is 5.91 Å². The van der Waals surface area contributed by atoms with Crippen LogP contribution in [-0.2, 0) is 4.79 Å². The summed E-state index contributed by atoms with van der Waals surface area (Å²) in [6, 6.07) is 15.2. The quantitative estimate of drug-likeness (QED) is 0.725. The summed E-state index contributed by atoms with van der Waals surface area (Å²) >= 11 is 3.93. The second-order valence-corrected chi connectivity index (χ2v) is 8.80. The van der Waals surface area contributed by atoms with Crippen molar-refractivity contribution in [2.45, 2.75) is 11.0 Å². The predicted octanol–water partition coefficient (Wildman–Crippen LogP) is 4.57. The van der Waals surface area contributed by atoms with E-state index in [1.807, 2.05) is 47.8 Å². The maximum Gasteiger partial charge on any atom is 0.251 e. The van der Waals surface area contributed by atoms with E-state index in [1.165, 1.54) is 29.6 Å². The van der Waals surface area contributed by atoms with Gasteiger partial charge in [-0.3, -0.25) is 9.59 Å². The van der Waals surface area contributed by atoms with Gasteiger partial charge in [-0.15, -0.1) is 23.5 Å². The van der Waals surface area contributed by atoms with E-state index >= 15 is 0 Å². The Bertz CT molecular complexity index is 828. The van der Waals surface area contributed by atoms with Crippen molar-refractivity contribution in [3.8, 4) is 0 Å². The highest BCUT2D eigenvalue weighted by Crippen LogP contribution is 2.44. The normalized spacial score (nSPS) is 14.9. The molecule has 2 N–H and O–H groups in total. The van der Waals surface area contributed by atoms with E-state index < -0.39 is 0 Å². The third-order valence-corrected chi connectivity index (χ3v) is 7.10. The number of rotatable bonds is 5. The molecule has 27 heavy (non-hydrogen) atoms. The van der Waals surface area contributed by atoms with Crippen LogP contribution in [0.3, 0.4) is 0 Å². The van der Waals surface area contributed by atoms with E-state index in [1.54, 1.807) is 25.3 Å². The number of hydrogen-bond donors (Lipinski definition) is 2. The SMILES string of the molecule is CNC(=O)c1ccc(/C=C/C(=O)Nc2cccc(C3SCCCS3)c2)cc1. The van der Waals surface area contributed by atoms with Crippen LogP contribution in [0.5, 0.6) is 0 Å². The summed E-state index contributed by atoms with van der Waals surface area (Å²) in [5.74, 6) is 2.08. The highest BCUT2D eigenvalue weighted by Gasteiger charge is 2.16. The number of benzene rings is 2. The summed E-state index contributed by atoms with van der Waals surface area (Å²) in [5.41, 5.74) is 3.51. The molecule has 0 radical (unpaired) electrons. The summed E-state index contributed by atoms with van der Waals surface area (Å²) in [6.07, 6.45) is 4.50. The van der Waals surface area contributed by atoms with Crippen molar-refractivity contribution in [2.75, 3.05) is 23.9 Å². The van der Waals surface area contributed by atoms with Crippen molar-refractivity contribution in [1.82, 2.24) is 5.32 Å². The van der Waals surface area contributed by atoms with Crippen LogP contribution in [0, 0.1) is 0 Å². The molecule has 6 heteroatoms. The first-order valence-electron chi connectivity index (χ1n) is 8.80. The molecule has 0 aliphatic carbocycles. The summed E-state index contributed by atoms with van der Waals surface area (Å²) in [4.78, 5) is 23.8. The average Bonchev–Trinajstić information content (AvgIpc) is 2.73. The molecule has 1 aliphatic heterocycles. The maximum absolute atomic E-state index is 12.2. The Kier molecular flexibility index (Phi) is 7.01. The van der Waals surface area contributed by atoms with Crippen molar-refractivity contribution < 1.29 is 9.59 Å². The van der Waals surface area contributed by atoms with Crippen LogP contribution in [-0.4, -0.2) is 30.4 Å². The van der Waals surface area contributed by atoms with Gasteiger partial charge in [-0.2, -0.15) is 0 Å². The first kappa shape index (κ1) is 19.6. The van der Waals surface area contributed by atoms with E-state index in [4.69, 9.17) is 0 Å². The molecule has 1 aliphatic rings. The molecule has 2 aromatic rings. The molecule has 3 rings (SSSR count). The number of carbonyl (C=O) groups is 2. The summed E-state index contributed by atoms with van der Waals surface area (Å²) in [6.45, 7) is 0. The van der Waals surface area contributed by atoms with E-state index in [9.17, 15) is 9.59 Å². The third-order valence-electron chi connectivity index (χ3n) is 4.08. The third kappa shape index (κ3) is 5.65. The number of carbonyl (C=O) groups excluding carboxylic acids is 2. The average molecular weight is 399 g/mol. The molecule has 4 nitrogen and oxygen atoms in total. The highest BCUT2D eigenvalue weighted by molar-refractivity contribution is 8.16. The van der Waals surface area contributed by atoms with Gasteiger partial charge < -0.3 is 10.6 Å². The molecular weight excluding hydrogens is 376 g/mol. The summed E-state index contributed by atoms with van der Waals surface area (Å²) < 4.78 is 0.449. The first-order valence-corrected chi connectivity index (χ1v) is 10.9.